The van der Waals surface area contributed by atoms with Gasteiger partial charge in [0.15, 0.2) is 0 Å². The van der Waals surface area contributed by atoms with E-state index in [1.807, 2.05) is 0 Å². The standard InChI is InChI=1S/C9H12O3.C8H10O3.C7H8O3.C5H6O2/c1-2-4-7-5-3-6-8(10)12-9(7)11;1-2-3-6-4-5-7(9)11-8(6)10;1-2-3-5-4-6(8)10-7(5)9;1-4-2-3-5(6)7-4/h2,7H,1,3-6H2;2,6H,1,3-5H2;2,5H,1,3-4H2;1-3H2. The van der Waals surface area contributed by atoms with Gasteiger partial charge < -0.3 is 18.9 Å². The Morgan fingerprint density at radius 3 is 1.43 bits per heavy atom. The van der Waals surface area contributed by atoms with Crippen LogP contribution in [0.4, 0.5) is 0 Å². The van der Waals surface area contributed by atoms with Crippen LogP contribution in [0.2, 0.25) is 0 Å². The Balaban J connectivity index is 0.000000271. The average Bonchev–Trinajstić information content (AvgIpc) is 3.37. The van der Waals surface area contributed by atoms with E-state index >= 15 is 0 Å². The number of carbonyl (C=O) groups is 7. The third-order valence-corrected chi connectivity index (χ3v) is 5.91. The van der Waals surface area contributed by atoms with E-state index in [9.17, 15) is 33.6 Å². The lowest BCUT2D eigenvalue weighted by atomic mass is 9.98. The molecule has 0 aliphatic carbocycles. The summed E-state index contributed by atoms with van der Waals surface area (Å²) in [6.07, 6.45) is 10.9. The number of carbonyl (C=O) groups excluding carboxylic acids is 7. The van der Waals surface area contributed by atoms with E-state index in [1.165, 1.54) is 0 Å². The van der Waals surface area contributed by atoms with E-state index in [0.29, 0.717) is 57.1 Å². The van der Waals surface area contributed by atoms with Crippen LogP contribution in [0.5, 0.6) is 0 Å². The molecule has 3 unspecified atom stereocenters. The number of hydrogen-bond donors (Lipinski definition) is 0. The molecule has 40 heavy (non-hydrogen) atoms. The topological polar surface area (TPSA) is 156 Å². The second kappa shape index (κ2) is 18.2. The summed E-state index contributed by atoms with van der Waals surface area (Å²) < 4.78 is 17.8. The third-order valence-electron chi connectivity index (χ3n) is 5.91. The molecule has 4 saturated heterocycles. The number of rotatable bonds is 6. The highest BCUT2D eigenvalue weighted by atomic mass is 16.6. The van der Waals surface area contributed by atoms with Crippen LogP contribution in [0.1, 0.15) is 70.6 Å². The molecule has 0 spiro atoms. The molecular formula is C29H36O11. The second-order valence-electron chi connectivity index (χ2n) is 9.19. The zero-order chi connectivity index (χ0) is 30.1. The van der Waals surface area contributed by atoms with E-state index in [4.69, 9.17) is 0 Å². The minimum atomic E-state index is -0.420. The first-order valence-corrected chi connectivity index (χ1v) is 12.9. The quantitative estimate of drug-likeness (QED) is 0.200. The van der Waals surface area contributed by atoms with Crippen molar-refractivity contribution in [1.29, 1.82) is 0 Å². The van der Waals surface area contributed by atoms with Crippen LogP contribution in [0.3, 0.4) is 0 Å². The first-order valence-electron chi connectivity index (χ1n) is 12.9. The molecular weight excluding hydrogens is 524 g/mol. The summed E-state index contributed by atoms with van der Waals surface area (Å²) in [6.45, 7) is 14.0. The fourth-order valence-electron chi connectivity index (χ4n) is 3.75. The Morgan fingerprint density at radius 1 is 0.550 bits per heavy atom. The Labute approximate surface area is 233 Å². The summed E-state index contributed by atoms with van der Waals surface area (Å²) in [5.41, 5.74) is 0. The van der Waals surface area contributed by atoms with E-state index in [0.717, 1.165) is 12.8 Å². The van der Waals surface area contributed by atoms with Gasteiger partial charge in [-0.15, -0.1) is 19.7 Å². The van der Waals surface area contributed by atoms with Gasteiger partial charge in [0.2, 0.25) is 0 Å². The maximum absolute atomic E-state index is 11.1. The van der Waals surface area contributed by atoms with E-state index in [2.05, 4.69) is 45.3 Å². The van der Waals surface area contributed by atoms with E-state index in [1.54, 1.807) is 18.2 Å². The Kier molecular flexibility index (Phi) is 15.4. The van der Waals surface area contributed by atoms with Gasteiger partial charge in [-0.2, -0.15) is 0 Å². The molecule has 4 heterocycles. The highest BCUT2D eigenvalue weighted by molar-refractivity contribution is 5.94. The van der Waals surface area contributed by atoms with Crippen molar-refractivity contribution in [2.24, 2.45) is 17.8 Å². The van der Waals surface area contributed by atoms with Crippen molar-refractivity contribution in [2.45, 2.75) is 70.6 Å². The Hall–Kier alpha value is -4.15. The second-order valence-corrected chi connectivity index (χ2v) is 9.19. The van der Waals surface area contributed by atoms with Crippen molar-refractivity contribution in [1.82, 2.24) is 0 Å². The number of cyclic esters (lactones) is 7. The first-order chi connectivity index (χ1) is 19.0. The van der Waals surface area contributed by atoms with Crippen LogP contribution >= 0.6 is 0 Å². The average molecular weight is 561 g/mol. The molecule has 0 aromatic rings. The molecule has 3 atom stereocenters. The molecule has 0 saturated carbocycles. The maximum Gasteiger partial charge on any atom is 0.317 e. The molecule has 0 N–H and O–H groups in total. The molecule has 0 bridgehead atoms. The molecule has 4 fully saturated rings. The monoisotopic (exact) mass is 560 g/mol. The van der Waals surface area contributed by atoms with Crippen LogP contribution in [-0.2, 0) is 52.5 Å². The van der Waals surface area contributed by atoms with Gasteiger partial charge >= 0.3 is 41.8 Å². The van der Waals surface area contributed by atoms with Crippen LogP contribution in [-0.4, -0.2) is 41.8 Å². The summed E-state index contributed by atoms with van der Waals surface area (Å²) in [5, 5.41) is 0. The normalized spacial score (nSPS) is 23.8. The van der Waals surface area contributed by atoms with Gasteiger partial charge in [-0.05, 0) is 38.5 Å². The lowest BCUT2D eigenvalue weighted by molar-refractivity contribution is -0.167. The molecule has 0 radical (unpaired) electrons. The fraction of sp³-hybridized carbons (Fsp3) is 0.483. The lowest BCUT2D eigenvalue weighted by Crippen LogP contribution is -2.27. The maximum atomic E-state index is 11.1. The van der Waals surface area contributed by atoms with E-state index in [-0.39, 0.29) is 30.1 Å². The lowest BCUT2D eigenvalue weighted by Gasteiger charge is -2.17. The minimum absolute atomic E-state index is 0.148. The molecule has 11 nitrogen and oxygen atoms in total. The zero-order valence-electron chi connectivity index (χ0n) is 22.6. The van der Waals surface area contributed by atoms with Crippen molar-refractivity contribution in [3.63, 3.8) is 0 Å². The predicted octanol–water partition coefficient (Wildman–Crippen LogP) is 3.96. The highest BCUT2D eigenvalue weighted by Crippen LogP contribution is 2.21. The molecule has 218 valence electrons. The highest BCUT2D eigenvalue weighted by Gasteiger charge is 2.32. The number of allylic oxidation sites excluding steroid dienone is 4. The van der Waals surface area contributed by atoms with Gasteiger partial charge in [0.05, 0.1) is 30.6 Å². The largest absolute Gasteiger partial charge is 0.432 e. The van der Waals surface area contributed by atoms with Crippen molar-refractivity contribution in [3.8, 4) is 0 Å². The van der Waals surface area contributed by atoms with Crippen molar-refractivity contribution in [3.05, 3.63) is 50.3 Å². The summed E-state index contributed by atoms with van der Waals surface area (Å²) in [7, 11) is 0. The van der Waals surface area contributed by atoms with Gasteiger partial charge in [-0.25, -0.2) is 0 Å². The van der Waals surface area contributed by atoms with Crippen LogP contribution in [0, 0.1) is 17.8 Å². The predicted molar refractivity (Wildman–Crippen MR) is 140 cm³/mol. The fourth-order valence-corrected chi connectivity index (χ4v) is 3.75. The SMILES string of the molecule is C=C1CCC(=O)O1.C=CCC1CC(=O)OC1=O.C=CCC1CCC(=O)OC1=O.C=CCC1CCCC(=O)OC1=O. The summed E-state index contributed by atoms with van der Waals surface area (Å²) >= 11 is 0. The van der Waals surface area contributed by atoms with Crippen LogP contribution in [0.25, 0.3) is 0 Å². The third kappa shape index (κ3) is 13.1. The van der Waals surface area contributed by atoms with E-state index < -0.39 is 35.8 Å². The molecule has 4 aliphatic rings. The van der Waals surface area contributed by atoms with Crippen molar-refractivity contribution in [2.75, 3.05) is 0 Å². The molecule has 4 aliphatic heterocycles. The molecule has 11 heteroatoms. The van der Waals surface area contributed by atoms with Crippen LogP contribution < -0.4 is 0 Å². The Bertz CT molecular complexity index is 1010. The van der Waals surface area contributed by atoms with Crippen molar-refractivity contribution >= 4 is 41.8 Å². The van der Waals surface area contributed by atoms with Gasteiger partial charge in [-0.1, -0.05) is 24.8 Å². The molecule has 4 rings (SSSR count). The van der Waals surface area contributed by atoms with Gasteiger partial charge in [-0.3, -0.25) is 33.6 Å². The number of hydrogen-bond acceptors (Lipinski definition) is 11. The zero-order valence-corrected chi connectivity index (χ0v) is 22.6. The summed E-state index contributed by atoms with van der Waals surface area (Å²) in [6, 6.07) is 0. The number of ether oxygens (including phenoxy) is 4. The van der Waals surface area contributed by atoms with Crippen molar-refractivity contribution < 1.29 is 52.5 Å². The molecule has 0 aromatic heterocycles. The van der Waals surface area contributed by atoms with Gasteiger partial charge in [0.1, 0.15) is 5.76 Å². The smallest absolute Gasteiger partial charge is 0.317 e. The Morgan fingerprint density at radius 2 is 1.00 bits per heavy atom. The first kappa shape index (κ1) is 33.9. The molecule has 0 aromatic carbocycles. The molecule has 0 amide bonds. The summed E-state index contributed by atoms with van der Waals surface area (Å²) in [5.74, 6) is -2.55. The van der Waals surface area contributed by atoms with Gasteiger partial charge in [0.25, 0.3) is 0 Å². The summed E-state index contributed by atoms with van der Waals surface area (Å²) in [4.78, 5) is 74.7. The van der Waals surface area contributed by atoms with Crippen LogP contribution in [0.15, 0.2) is 50.3 Å². The minimum Gasteiger partial charge on any atom is -0.432 e. The van der Waals surface area contributed by atoms with Gasteiger partial charge in [0, 0.05) is 19.3 Å². The number of esters is 7.